The van der Waals surface area contributed by atoms with E-state index in [1.807, 2.05) is 0 Å². The molecule has 2 aromatic rings. The average molecular weight is 362 g/mol. The molecular formula is C15H11ClF3NO4. The molecule has 1 aromatic carbocycles. The quantitative estimate of drug-likeness (QED) is 0.855. The zero-order valence-electron chi connectivity index (χ0n) is 12.2. The van der Waals surface area contributed by atoms with Crippen LogP contribution < -0.4 is 9.47 Å². The van der Waals surface area contributed by atoms with Gasteiger partial charge in [0.15, 0.2) is 6.10 Å². The minimum Gasteiger partial charge on any atom is -0.479 e. The number of aromatic nitrogens is 1. The molecule has 0 amide bonds. The molecule has 0 unspecified atom stereocenters. The molecule has 1 N–H and O–H groups in total. The summed E-state index contributed by atoms with van der Waals surface area (Å²) < 4.78 is 48.0. The van der Waals surface area contributed by atoms with Gasteiger partial charge in [-0.25, -0.2) is 9.78 Å². The number of hydrogen-bond donors (Lipinski definition) is 1. The van der Waals surface area contributed by atoms with E-state index in [-0.39, 0.29) is 16.7 Å². The maximum Gasteiger partial charge on any atom is 0.417 e. The fourth-order valence-electron chi connectivity index (χ4n) is 1.61. The second-order valence-electron chi connectivity index (χ2n) is 4.68. The Morgan fingerprint density at radius 3 is 2.33 bits per heavy atom. The number of alkyl halides is 3. The smallest absolute Gasteiger partial charge is 0.417 e. The number of halogens is 4. The topological polar surface area (TPSA) is 68.7 Å². The number of rotatable bonds is 5. The number of aliphatic carboxylic acids is 1. The molecule has 0 aliphatic carbocycles. The molecule has 0 radical (unpaired) electrons. The summed E-state index contributed by atoms with van der Waals surface area (Å²) >= 11 is 5.74. The number of nitrogens with zero attached hydrogens (tertiary/aromatic N) is 1. The Bertz CT molecular complexity index is 734. The predicted octanol–water partition coefficient (Wildman–Crippen LogP) is 4.40. The molecule has 2 rings (SSSR count). The zero-order valence-corrected chi connectivity index (χ0v) is 12.9. The first-order valence-corrected chi connectivity index (χ1v) is 6.94. The van der Waals surface area contributed by atoms with Gasteiger partial charge in [-0.15, -0.1) is 0 Å². The molecule has 1 aromatic heterocycles. The van der Waals surface area contributed by atoms with E-state index in [4.69, 9.17) is 26.2 Å². The Labute approximate surface area is 139 Å². The molecule has 1 atom stereocenters. The van der Waals surface area contributed by atoms with E-state index in [1.54, 1.807) is 0 Å². The number of carbonyl (C=O) groups is 1. The molecule has 128 valence electrons. The largest absolute Gasteiger partial charge is 0.479 e. The van der Waals surface area contributed by atoms with Crippen LogP contribution in [0.4, 0.5) is 13.2 Å². The van der Waals surface area contributed by atoms with Crippen LogP contribution in [0, 0.1) is 0 Å². The maximum atomic E-state index is 12.5. The monoisotopic (exact) mass is 361 g/mol. The number of pyridine rings is 1. The lowest BCUT2D eigenvalue weighted by molar-refractivity contribution is -0.144. The summed E-state index contributed by atoms with van der Waals surface area (Å²) in [7, 11) is 0. The van der Waals surface area contributed by atoms with Crippen LogP contribution in [-0.4, -0.2) is 22.2 Å². The van der Waals surface area contributed by atoms with Gasteiger partial charge in [-0.2, -0.15) is 13.2 Å². The third kappa shape index (κ3) is 4.51. The SMILES string of the molecule is C[C@H](Oc1ccc(Oc2ncc(C(F)(F)F)cc2Cl)cc1)C(=O)O. The van der Waals surface area contributed by atoms with Crippen molar-refractivity contribution < 1.29 is 32.5 Å². The van der Waals surface area contributed by atoms with E-state index < -0.39 is 23.8 Å². The minimum absolute atomic E-state index is 0.183. The highest BCUT2D eigenvalue weighted by Crippen LogP contribution is 2.34. The van der Waals surface area contributed by atoms with Crippen LogP contribution in [0.5, 0.6) is 17.4 Å². The molecule has 0 fully saturated rings. The summed E-state index contributed by atoms with van der Waals surface area (Å²) in [4.78, 5) is 14.2. The van der Waals surface area contributed by atoms with Crippen LogP contribution >= 0.6 is 11.6 Å². The third-order valence-corrected chi connectivity index (χ3v) is 3.10. The molecule has 9 heteroatoms. The van der Waals surface area contributed by atoms with Crippen molar-refractivity contribution in [3.63, 3.8) is 0 Å². The van der Waals surface area contributed by atoms with Crippen LogP contribution in [0.3, 0.4) is 0 Å². The van der Waals surface area contributed by atoms with Crippen molar-refractivity contribution in [2.45, 2.75) is 19.2 Å². The lowest BCUT2D eigenvalue weighted by Crippen LogP contribution is -2.22. The standard InChI is InChI=1S/C15H11ClF3NO4/c1-8(14(21)22)23-10-2-4-11(5-3-10)24-13-12(16)6-9(7-20-13)15(17,18)19/h2-8H,1H3,(H,21,22)/t8-/m0/s1. The maximum absolute atomic E-state index is 12.5. The van der Waals surface area contributed by atoms with Crippen molar-refractivity contribution >= 4 is 17.6 Å². The molecule has 0 saturated carbocycles. The van der Waals surface area contributed by atoms with Gasteiger partial charge in [0.05, 0.1) is 5.56 Å². The Hall–Kier alpha value is -2.48. The minimum atomic E-state index is -4.55. The van der Waals surface area contributed by atoms with Crippen molar-refractivity contribution in [1.82, 2.24) is 4.98 Å². The van der Waals surface area contributed by atoms with E-state index in [0.717, 1.165) is 6.07 Å². The first-order valence-electron chi connectivity index (χ1n) is 6.57. The van der Waals surface area contributed by atoms with Crippen LogP contribution in [0.15, 0.2) is 36.5 Å². The number of carboxylic acids is 1. The van der Waals surface area contributed by atoms with Gasteiger partial charge in [-0.1, -0.05) is 11.6 Å². The summed E-state index contributed by atoms with van der Waals surface area (Å²) in [6.07, 6.45) is -4.95. The van der Waals surface area contributed by atoms with Crippen LogP contribution in [-0.2, 0) is 11.0 Å². The highest BCUT2D eigenvalue weighted by molar-refractivity contribution is 6.31. The van der Waals surface area contributed by atoms with Gasteiger partial charge in [0.1, 0.15) is 16.5 Å². The molecule has 5 nitrogen and oxygen atoms in total. The second kappa shape index (κ2) is 6.96. The molecular weight excluding hydrogens is 351 g/mol. The predicted molar refractivity (Wildman–Crippen MR) is 78.5 cm³/mol. The summed E-state index contributed by atoms with van der Waals surface area (Å²) in [5.74, 6) is -0.753. The molecule has 0 saturated heterocycles. The van der Waals surface area contributed by atoms with E-state index in [2.05, 4.69) is 4.98 Å². The van der Waals surface area contributed by atoms with Crippen LogP contribution in [0.25, 0.3) is 0 Å². The molecule has 24 heavy (non-hydrogen) atoms. The highest BCUT2D eigenvalue weighted by atomic mass is 35.5. The fraction of sp³-hybridized carbons (Fsp3) is 0.200. The van der Waals surface area contributed by atoms with Crippen molar-refractivity contribution in [1.29, 1.82) is 0 Å². The lowest BCUT2D eigenvalue weighted by atomic mass is 10.3. The molecule has 0 aliphatic heterocycles. The summed E-state index contributed by atoms with van der Waals surface area (Å²) in [6, 6.07) is 6.51. The fourth-order valence-corrected chi connectivity index (χ4v) is 1.81. The second-order valence-corrected chi connectivity index (χ2v) is 5.09. The first kappa shape index (κ1) is 17.9. The van der Waals surface area contributed by atoms with Crippen LogP contribution in [0.1, 0.15) is 12.5 Å². The van der Waals surface area contributed by atoms with Gasteiger partial charge in [-0.05, 0) is 37.3 Å². The first-order chi connectivity index (χ1) is 11.2. The van der Waals surface area contributed by atoms with Gasteiger partial charge in [-0.3, -0.25) is 0 Å². The van der Waals surface area contributed by atoms with Gasteiger partial charge in [0, 0.05) is 6.20 Å². The number of benzene rings is 1. The summed E-state index contributed by atoms with van der Waals surface area (Å²) in [5.41, 5.74) is -0.980. The Morgan fingerprint density at radius 1 is 1.25 bits per heavy atom. The molecule has 0 aliphatic rings. The van der Waals surface area contributed by atoms with Crippen molar-refractivity contribution in [3.8, 4) is 17.4 Å². The van der Waals surface area contributed by atoms with E-state index in [9.17, 15) is 18.0 Å². The number of ether oxygens (including phenoxy) is 2. The Morgan fingerprint density at radius 2 is 1.83 bits per heavy atom. The Balaban J connectivity index is 2.10. The van der Waals surface area contributed by atoms with E-state index >= 15 is 0 Å². The zero-order chi connectivity index (χ0) is 17.9. The van der Waals surface area contributed by atoms with Gasteiger partial charge >= 0.3 is 12.1 Å². The molecule has 0 bridgehead atoms. The molecule has 0 spiro atoms. The van der Waals surface area contributed by atoms with E-state index in [1.165, 1.54) is 31.2 Å². The average Bonchev–Trinajstić information content (AvgIpc) is 2.50. The summed E-state index contributed by atoms with van der Waals surface area (Å²) in [5, 5.41) is 8.46. The van der Waals surface area contributed by atoms with E-state index in [0.29, 0.717) is 11.9 Å². The number of carboxylic acid groups (broad SMARTS) is 1. The van der Waals surface area contributed by atoms with Gasteiger partial charge in [0.25, 0.3) is 0 Å². The van der Waals surface area contributed by atoms with Gasteiger partial charge < -0.3 is 14.6 Å². The van der Waals surface area contributed by atoms with Crippen molar-refractivity contribution in [3.05, 3.63) is 47.1 Å². The lowest BCUT2D eigenvalue weighted by Gasteiger charge is -2.12. The van der Waals surface area contributed by atoms with Crippen molar-refractivity contribution in [2.75, 3.05) is 0 Å². The summed E-state index contributed by atoms with van der Waals surface area (Å²) in [6.45, 7) is 1.37. The van der Waals surface area contributed by atoms with Crippen molar-refractivity contribution in [2.24, 2.45) is 0 Å². The van der Waals surface area contributed by atoms with Crippen LogP contribution in [0.2, 0.25) is 5.02 Å². The normalized spacial score (nSPS) is 12.5. The van der Waals surface area contributed by atoms with Gasteiger partial charge in [0.2, 0.25) is 5.88 Å². The Kier molecular flexibility index (Phi) is 5.18. The number of hydrogen-bond acceptors (Lipinski definition) is 4. The highest BCUT2D eigenvalue weighted by Gasteiger charge is 2.31. The third-order valence-electron chi connectivity index (χ3n) is 2.83. The molecule has 1 heterocycles.